The first kappa shape index (κ1) is 15.5. The molecule has 0 bridgehead atoms. The van der Waals surface area contributed by atoms with Gasteiger partial charge in [-0.3, -0.25) is 4.79 Å². The maximum Gasteiger partial charge on any atom is 0.248 e. The number of aryl methyl sites for hydroxylation is 1. The Labute approximate surface area is 126 Å². The van der Waals surface area contributed by atoms with Crippen molar-refractivity contribution in [2.24, 2.45) is 5.73 Å². The van der Waals surface area contributed by atoms with E-state index in [1.165, 1.54) is 29.5 Å². The zero-order chi connectivity index (χ0) is 15.6. The van der Waals surface area contributed by atoms with E-state index in [9.17, 15) is 13.2 Å². The number of carbonyl (C=O) groups excluding carboxylic acids is 1. The number of rotatable bonds is 5. The summed E-state index contributed by atoms with van der Waals surface area (Å²) in [6.45, 7) is 2.14. The summed E-state index contributed by atoms with van der Waals surface area (Å²) >= 11 is 1.51. The summed E-state index contributed by atoms with van der Waals surface area (Å²) in [5.41, 5.74) is 11.0. The van der Waals surface area contributed by atoms with Gasteiger partial charge in [-0.05, 0) is 37.3 Å². The first-order valence-corrected chi connectivity index (χ1v) is 8.34. The van der Waals surface area contributed by atoms with Crippen LogP contribution in [-0.2, 0) is 16.6 Å². The smallest absolute Gasteiger partial charge is 0.248 e. The largest absolute Gasteiger partial charge is 0.398 e. The van der Waals surface area contributed by atoms with Gasteiger partial charge in [0.1, 0.15) is 4.90 Å². The number of nitrogens with one attached hydrogen (secondary N) is 1. The Kier molecular flexibility index (Phi) is 4.31. The zero-order valence-electron chi connectivity index (χ0n) is 11.3. The number of hydrogen-bond donors (Lipinski definition) is 3. The number of amides is 1. The summed E-state index contributed by atoms with van der Waals surface area (Å²) in [4.78, 5) is 13.0. The van der Waals surface area contributed by atoms with Crippen molar-refractivity contribution in [1.29, 1.82) is 0 Å². The summed E-state index contributed by atoms with van der Waals surface area (Å²) in [5, 5.41) is 0. The van der Waals surface area contributed by atoms with Crippen LogP contribution in [0.5, 0.6) is 0 Å². The molecule has 112 valence electrons. The molecule has 0 fully saturated rings. The lowest BCUT2D eigenvalue weighted by molar-refractivity contribution is 0.1000. The van der Waals surface area contributed by atoms with Crippen molar-refractivity contribution in [3.8, 4) is 0 Å². The number of thiophene rings is 1. The molecule has 6 nitrogen and oxygen atoms in total. The number of hydrogen-bond acceptors (Lipinski definition) is 5. The summed E-state index contributed by atoms with van der Waals surface area (Å²) in [6, 6.07) is 7.65. The molecule has 21 heavy (non-hydrogen) atoms. The zero-order valence-corrected chi connectivity index (χ0v) is 12.9. The lowest BCUT2D eigenvalue weighted by Crippen LogP contribution is -2.24. The highest BCUT2D eigenvalue weighted by atomic mass is 32.2. The Hall–Kier alpha value is -1.90. The summed E-state index contributed by atoms with van der Waals surface area (Å²) in [7, 11) is -3.74. The van der Waals surface area contributed by atoms with Crippen LogP contribution < -0.4 is 16.2 Å². The van der Waals surface area contributed by atoms with Crippen molar-refractivity contribution in [3.63, 3.8) is 0 Å². The second-order valence-electron chi connectivity index (χ2n) is 4.45. The van der Waals surface area contributed by atoms with Gasteiger partial charge in [0, 0.05) is 21.9 Å². The van der Waals surface area contributed by atoms with E-state index in [1.807, 2.05) is 19.1 Å². The van der Waals surface area contributed by atoms with Gasteiger partial charge in [-0.1, -0.05) is 0 Å². The minimum Gasteiger partial charge on any atom is -0.398 e. The third kappa shape index (κ3) is 3.60. The Morgan fingerprint density at radius 2 is 2.00 bits per heavy atom. The van der Waals surface area contributed by atoms with Crippen molar-refractivity contribution in [3.05, 3.63) is 45.6 Å². The fraction of sp³-hybridized carbons (Fsp3) is 0.154. The van der Waals surface area contributed by atoms with Gasteiger partial charge in [0.05, 0.1) is 5.69 Å². The van der Waals surface area contributed by atoms with Gasteiger partial charge in [-0.2, -0.15) is 0 Å². The number of primary amides is 1. The molecule has 0 radical (unpaired) electrons. The second-order valence-corrected chi connectivity index (χ2v) is 7.56. The van der Waals surface area contributed by atoms with Crippen molar-refractivity contribution in [2.45, 2.75) is 18.4 Å². The molecule has 0 saturated heterocycles. The Morgan fingerprint density at radius 3 is 2.52 bits per heavy atom. The lowest BCUT2D eigenvalue weighted by atomic mass is 10.2. The fourth-order valence-electron chi connectivity index (χ4n) is 1.77. The monoisotopic (exact) mass is 325 g/mol. The minimum absolute atomic E-state index is 0.0128. The van der Waals surface area contributed by atoms with Gasteiger partial charge in [-0.15, -0.1) is 11.3 Å². The Morgan fingerprint density at radius 1 is 1.29 bits per heavy atom. The molecule has 2 aromatic rings. The number of carbonyl (C=O) groups is 1. The first-order chi connectivity index (χ1) is 9.79. The van der Waals surface area contributed by atoms with Crippen LogP contribution in [0.2, 0.25) is 0 Å². The molecule has 0 aliphatic heterocycles. The molecule has 1 aromatic carbocycles. The van der Waals surface area contributed by atoms with Crippen LogP contribution in [0, 0.1) is 6.92 Å². The van der Waals surface area contributed by atoms with E-state index in [-0.39, 0.29) is 22.7 Å². The molecular weight excluding hydrogens is 310 g/mol. The van der Waals surface area contributed by atoms with Crippen molar-refractivity contribution in [2.75, 3.05) is 5.73 Å². The van der Waals surface area contributed by atoms with Crippen molar-refractivity contribution >= 4 is 33.0 Å². The predicted octanol–water partition coefficient (Wildman–Crippen LogP) is 1.22. The quantitative estimate of drug-likeness (QED) is 0.717. The maximum absolute atomic E-state index is 12.2. The van der Waals surface area contributed by atoms with Crippen molar-refractivity contribution < 1.29 is 13.2 Å². The highest BCUT2D eigenvalue weighted by Crippen LogP contribution is 2.21. The molecule has 0 unspecified atom stereocenters. The fourth-order valence-corrected chi connectivity index (χ4v) is 3.81. The van der Waals surface area contributed by atoms with E-state index in [0.29, 0.717) is 0 Å². The standard InChI is InChI=1S/C13H15N3O3S2/c1-8-2-4-10(20-8)7-16-21(18,19)12-5-3-9(13(15)17)6-11(12)14/h2-6,16H,7,14H2,1H3,(H2,15,17). The molecule has 0 spiro atoms. The summed E-state index contributed by atoms with van der Waals surface area (Å²) in [5.74, 6) is -0.660. The molecule has 2 rings (SSSR count). The Bertz CT molecular complexity index is 782. The SMILES string of the molecule is Cc1ccc(CNS(=O)(=O)c2ccc(C(N)=O)cc2N)s1. The number of nitrogen functional groups attached to an aromatic ring is 1. The molecule has 1 heterocycles. The van der Waals surface area contributed by atoms with Crippen LogP contribution in [-0.4, -0.2) is 14.3 Å². The number of nitrogens with two attached hydrogens (primary N) is 2. The number of anilines is 1. The van der Waals surface area contributed by atoms with Crippen LogP contribution in [0.4, 0.5) is 5.69 Å². The topological polar surface area (TPSA) is 115 Å². The van der Waals surface area contributed by atoms with Crippen LogP contribution >= 0.6 is 11.3 Å². The van der Waals surface area contributed by atoms with E-state index >= 15 is 0 Å². The average Bonchev–Trinajstić information content (AvgIpc) is 2.82. The van der Waals surface area contributed by atoms with Gasteiger partial charge in [0.15, 0.2) is 0 Å². The Balaban J connectivity index is 2.21. The van der Waals surface area contributed by atoms with E-state index in [1.54, 1.807) is 0 Å². The molecule has 0 atom stereocenters. The van der Waals surface area contributed by atoms with Crippen LogP contribution in [0.3, 0.4) is 0 Å². The van der Waals surface area contributed by atoms with Crippen LogP contribution in [0.25, 0.3) is 0 Å². The third-order valence-corrected chi connectivity index (χ3v) is 5.29. The highest BCUT2D eigenvalue weighted by molar-refractivity contribution is 7.89. The van der Waals surface area contributed by atoms with Crippen LogP contribution in [0.15, 0.2) is 35.2 Å². The van der Waals surface area contributed by atoms with E-state index in [2.05, 4.69) is 4.72 Å². The van der Waals surface area contributed by atoms with E-state index in [4.69, 9.17) is 11.5 Å². The van der Waals surface area contributed by atoms with Gasteiger partial charge in [0.25, 0.3) is 0 Å². The summed E-state index contributed by atoms with van der Waals surface area (Å²) < 4.78 is 26.9. The highest BCUT2D eigenvalue weighted by Gasteiger charge is 2.18. The molecule has 5 N–H and O–H groups in total. The van der Waals surface area contributed by atoms with Crippen molar-refractivity contribution in [1.82, 2.24) is 4.72 Å². The molecule has 1 aromatic heterocycles. The lowest BCUT2D eigenvalue weighted by Gasteiger charge is -2.09. The second kappa shape index (κ2) is 5.84. The first-order valence-electron chi connectivity index (χ1n) is 6.04. The number of sulfonamides is 1. The molecule has 0 aliphatic carbocycles. The van der Waals surface area contributed by atoms with E-state index in [0.717, 1.165) is 9.75 Å². The predicted molar refractivity (Wildman–Crippen MR) is 82.5 cm³/mol. The number of benzene rings is 1. The third-order valence-electron chi connectivity index (χ3n) is 2.82. The molecule has 1 amide bonds. The van der Waals surface area contributed by atoms with Gasteiger partial charge in [0.2, 0.25) is 15.9 Å². The summed E-state index contributed by atoms with van der Waals surface area (Å²) in [6.07, 6.45) is 0. The molecule has 8 heteroatoms. The van der Waals surface area contributed by atoms with Gasteiger partial charge in [-0.25, -0.2) is 13.1 Å². The molecular formula is C13H15N3O3S2. The van der Waals surface area contributed by atoms with Crippen LogP contribution in [0.1, 0.15) is 20.1 Å². The normalized spacial score (nSPS) is 11.5. The van der Waals surface area contributed by atoms with E-state index < -0.39 is 15.9 Å². The average molecular weight is 325 g/mol. The maximum atomic E-state index is 12.2. The minimum atomic E-state index is -3.74. The molecule has 0 saturated carbocycles. The van der Waals surface area contributed by atoms with Gasteiger partial charge >= 0.3 is 0 Å². The molecule has 0 aliphatic rings. The van der Waals surface area contributed by atoms with Gasteiger partial charge < -0.3 is 11.5 Å².